The van der Waals surface area contributed by atoms with E-state index in [9.17, 15) is 4.79 Å². The fourth-order valence-electron chi connectivity index (χ4n) is 2.09. The van der Waals surface area contributed by atoms with Crippen molar-refractivity contribution in [3.63, 3.8) is 0 Å². The molecule has 1 aliphatic rings. The second-order valence-corrected chi connectivity index (χ2v) is 4.81. The quantitative estimate of drug-likeness (QED) is 0.689. The van der Waals surface area contributed by atoms with Crippen LogP contribution >= 0.6 is 0 Å². The van der Waals surface area contributed by atoms with Gasteiger partial charge in [-0.3, -0.25) is 9.69 Å². The topological polar surface area (TPSA) is 61.8 Å². The number of carbonyl (C=O) groups is 1. The molecule has 1 heterocycles. The van der Waals surface area contributed by atoms with Crippen molar-refractivity contribution in [2.45, 2.75) is 32.5 Å². The molecule has 0 bridgehead atoms. The molecule has 0 aromatic heterocycles. The first-order valence-corrected chi connectivity index (χ1v) is 5.74. The molecule has 0 saturated carbocycles. The van der Waals surface area contributed by atoms with Gasteiger partial charge in [-0.2, -0.15) is 0 Å². The second-order valence-electron chi connectivity index (χ2n) is 4.81. The predicted molar refractivity (Wildman–Crippen MR) is 61.2 cm³/mol. The molecule has 0 aromatic carbocycles. The van der Waals surface area contributed by atoms with Crippen molar-refractivity contribution >= 4 is 5.91 Å². The van der Waals surface area contributed by atoms with Gasteiger partial charge in [0.05, 0.1) is 24.9 Å². The van der Waals surface area contributed by atoms with Crippen LogP contribution in [0.15, 0.2) is 0 Å². The van der Waals surface area contributed by atoms with Crippen molar-refractivity contribution in [2.24, 2.45) is 0 Å². The minimum atomic E-state index is -0.307. The molecule has 1 amide bonds. The van der Waals surface area contributed by atoms with Crippen molar-refractivity contribution in [2.75, 3.05) is 32.8 Å². The number of morpholine rings is 1. The highest BCUT2D eigenvalue weighted by Crippen LogP contribution is 2.20. The molecule has 0 aromatic rings. The Bertz CT molecular complexity index is 243. The van der Waals surface area contributed by atoms with Gasteiger partial charge in [0.2, 0.25) is 5.91 Å². The zero-order chi connectivity index (χ0) is 12.2. The highest BCUT2D eigenvalue weighted by atomic mass is 16.5. The van der Waals surface area contributed by atoms with Gasteiger partial charge < -0.3 is 15.2 Å². The van der Waals surface area contributed by atoms with Gasteiger partial charge in [0, 0.05) is 19.6 Å². The SMILES string of the molecule is CCNC(=O)CN1CC(CO)OC(C)(C)C1. The molecule has 1 atom stereocenters. The minimum absolute atomic E-state index is 0.00464. The number of ether oxygens (including phenoxy) is 1. The maximum Gasteiger partial charge on any atom is 0.234 e. The van der Waals surface area contributed by atoms with E-state index in [1.807, 2.05) is 25.7 Å². The van der Waals surface area contributed by atoms with E-state index in [1.54, 1.807) is 0 Å². The van der Waals surface area contributed by atoms with Gasteiger partial charge >= 0.3 is 0 Å². The smallest absolute Gasteiger partial charge is 0.234 e. The number of nitrogens with zero attached hydrogens (tertiary/aromatic N) is 1. The van der Waals surface area contributed by atoms with Gasteiger partial charge in [0.1, 0.15) is 0 Å². The van der Waals surface area contributed by atoms with E-state index in [0.29, 0.717) is 26.2 Å². The Balaban J connectivity index is 2.50. The first-order chi connectivity index (χ1) is 7.46. The van der Waals surface area contributed by atoms with Crippen LogP contribution in [0.5, 0.6) is 0 Å². The third kappa shape index (κ3) is 4.08. The molecular formula is C11H22N2O3. The zero-order valence-electron chi connectivity index (χ0n) is 10.3. The number of nitrogens with one attached hydrogen (secondary N) is 1. The van der Waals surface area contributed by atoms with Crippen LogP contribution in [0, 0.1) is 0 Å². The minimum Gasteiger partial charge on any atom is -0.394 e. The Morgan fingerprint density at radius 3 is 2.88 bits per heavy atom. The lowest BCUT2D eigenvalue weighted by Gasteiger charge is -2.41. The summed E-state index contributed by atoms with van der Waals surface area (Å²) in [5.41, 5.74) is -0.307. The molecule has 16 heavy (non-hydrogen) atoms. The molecule has 5 nitrogen and oxygen atoms in total. The van der Waals surface area contributed by atoms with Crippen molar-refractivity contribution in [1.82, 2.24) is 10.2 Å². The van der Waals surface area contributed by atoms with Crippen LogP contribution in [-0.4, -0.2) is 60.4 Å². The Morgan fingerprint density at radius 1 is 1.62 bits per heavy atom. The van der Waals surface area contributed by atoms with E-state index in [0.717, 1.165) is 0 Å². The van der Waals surface area contributed by atoms with E-state index < -0.39 is 0 Å². The largest absolute Gasteiger partial charge is 0.394 e. The van der Waals surface area contributed by atoms with Crippen LogP contribution in [-0.2, 0) is 9.53 Å². The molecule has 1 rings (SSSR count). The summed E-state index contributed by atoms with van der Waals surface area (Å²) in [6.45, 7) is 8.18. The molecule has 2 N–H and O–H groups in total. The number of carbonyl (C=O) groups excluding carboxylic acids is 1. The first kappa shape index (κ1) is 13.4. The molecule has 1 fully saturated rings. The number of rotatable bonds is 4. The van der Waals surface area contributed by atoms with Crippen molar-refractivity contribution in [1.29, 1.82) is 0 Å². The summed E-state index contributed by atoms with van der Waals surface area (Å²) in [6.07, 6.45) is -0.196. The average Bonchev–Trinajstić information content (AvgIpc) is 2.15. The van der Waals surface area contributed by atoms with Crippen LogP contribution in [0.4, 0.5) is 0 Å². The highest BCUT2D eigenvalue weighted by Gasteiger charge is 2.33. The summed E-state index contributed by atoms with van der Waals surface area (Å²) in [5.74, 6) is 0.0249. The van der Waals surface area contributed by atoms with E-state index in [-0.39, 0.29) is 24.2 Å². The fraction of sp³-hybridized carbons (Fsp3) is 0.909. The number of aliphatic hydroxyl groups is 1. The van der Waals surface area contributed by atoms with Crippen LogP contribution in [0.25, 0.3) is 0 Å². The van der Waals surface area contributed by atoms with E-state index in [2.05, 4.69) is 5.32 Å². The van der Waals surface area contributed by atoms with Gasteiger partial charge in [-0.25, -0.2) is 0 Å². The first-order valence-electron chi connectivity index (χ1n) is 5.74. The number of amides is 1. The monoisotopic (exact) mass is 230 g/mol. The summed E-state index contributed by atoms with van der Waals surface area (Å²) < 4.78 is 5.67. The van der Waals surface area contributed by atoms with Gasteiger partial charge in [-0.05, 0) is 20.8 Å². The third-order valence-electron chi connectivity index (χ3n) is 2.50. The fourth-order valence-corrected chi connectivity index (χ4v) is 2.09. The van der Waals surface area contributed by atoms with Gasteiger partial charge in [-0.1, -0.05) is 0 Å². The number of aliphatic hydroxyl groups excluding tert-OH is 1. The molecular weight excluding hydrogens is 208 g/mol. The van der Waals surface area contributed by atoms with Crippen molar-refractivity contribution < 1.29 is 14.6 Å². The molecule has 94 valence electrons. The number of hydrogen-bond donors (Lipinski definition) is 2. The lowest BCUT2D eigenvalue weighted by atomic mass is 10.1. The lowest BCUT2D eigenvalue weighted by molar-refractivity contribution is -0.153. The number of hydrogen-bond acceptors (Lipinski definition) is 4. The molecule has 0 spiro atoms. The summed E-state index contributed by atoms with van der Waals surface area (Å²) in [7, 11) is 0. The molecule has 1 saturated heterocycles. The Kier molecular flexibility index (Phi) is 4.70. The molecule has 0 radical (unpaired) electrons. The summed E-state index contributed by atoms with van der Waals surface area (Å²) in [6, 6.07) is 0. The molecule has 1 unspecified atom stereocenters. The zero-order valence-corrected chi connectivity index (χ0v) is 10.3. The standard InChI is InChI=1S/C11H22N2O3/c1-4-12-10(15)6-13-5-9(7-14)16-11(2,3)8-13/h9,14H,4-8H2,1-3H3,(H,12,15). The van der Waals surface area contributed by atoms with E-state index in [4.69, 9.17) is 9.84 Å². The van der Waals surface area contributed by atoms with E-state index >= 15 is 0 Å². The van der Waals surface area contributed by atoms with Gasteiger partial charge in [0.25, 0.3) is 0 Å². The van der Waals surface area contributed by atoms with Crippen LogP contribution in [0.3, 0.4) is 0 Å². The van der Waals surface area contributed by atoms with Crippen LogP contribution in [0.1, 0.15) is 20.8 Å². The summed E-state index contributed by atoms with van der Waals surface area (Å²) in [4.78, 5) is 13.5. The van der Waals surface area contributed by atoms with E-state index in [1.165, 1.54) is 0 Å². The summed E-state index contributed by atoms with van der Waals surface area (Å²) in [5, 5.41) is 11.9. The highest BCUT2D eigenvalue weighted by molar-refractivity contribution is 5.77. The van der Waals surface area contributed by atoms with Crippen molar-refractivity contribution in [3.8, 4) is 0 Å². The molecule has 0 aliphatic carbocycles. The normalized spacial score (nSPS) is 25.4. The third-order valence-corrected chi connectivity index (χ3v) is 2.50. The second kappa shape index (κ2) is 5.61. The van der Waals surface area contributed by atoms with Gasteiger partial charge in [-0.15, -0.1) is 0 Å². The molecule has 1 aliphatic heterocycles. The average molecular weight is 230 g/mol. The number of likely N-dealkylation sites (N-methyl/N-ethyl adjacent to an activating group) is 1. The van der Waals surface area contributed by atoms with Gasteiger partial charge in [0.15, 0.2) is 0 Å². The Morgan fingerprint density at radius 2 is 2.31 bits per heavy atom. The Hall–Kier alpha value is -0.650. The maximum atomic E-state index is 11.5. The Labute approximate surface area is 96.8 Å². The van der Waals surface area contributed by atoms with Crippen molar-refractivity contribution in [3.05, 3.63) is 0 Å². The predicted octanol–water partition coefficient (Wildman–Crippen LogP) is -0.406. The maximum absolute atomic E-state index is 11.5. The van der Waals surface area contributed by atoms with Crippen LogP contribution < -0.4 is 5.32 Å². The van der Waals surface area contributed by atoms with Crippen LogP contribution in [0.2, 0.25) is 0 Å². The lowest BCUT2D eigenvalue weighted by Crippen LogP contribution is -2.55. The molecule has 5 heteroatoms. The summed E-state index contributed by atoms with van der Waals surface area (Å²) >= 11 is 0.